The van der Waals surface area contributed by atoms with Gasteiger partial charge in [-0.3, -0.25) is 14.9 Å². The second-order valence-electron chi connectivity index (χ2n) is 5.01. The highest BCUT2D eigenvalue weighted by Crippen LogP contribution is 2.15. The van der Waals surface area contributed by atoms with Crippen LogP contribution < -0.4 is 10.6 Å². The molecule has 6 heteroatoms. The van der Waals surface area contributed by atoms with E-state index >= 15 is 0 Å². The maximum atomic E-state index is 12.3. The maximum absolute atomic E-state index is 12.3. The van der Waals surface area contributed by atoms with E-state index in [1.54, 1.807) is 55.5 Å². The van der Waals surface area contributed by atoms with Crippen LogP contribution in [0.15, 0.2) is 48.5 Å². The molecule has 0 aliphatic carbocycles. The molecule has 2 aromatic rings. The highest BCUT2D eigenvalue weighted by molar-refractivity contribution is 6.05. The molecule has 0 saturated heterocycles. The Bertz CT molecular complexity index is 754. The third-order valence-electron chi connectivity index (χ3n) is 3.20. The van der Waals surface area contributed by atoms with Gasteiger partial charge in [0.05, 0.1) is 6.61 Å². The average molecular weight is 326 g/mol. The van der Waals surface area contributed by atoms with Gasteiger partial charge < -0.3 is 10.1 Å². The quantitative estimate of drug-likeness (QED) is 0.820. The Kier molecular flexibility index (Phi) is 5.68. The highest BCUT2D eigenvalue weighted by Gasteiger charge is 2.09. The summed E-state index contributed by atoms with van der Waals surface area (Å²) in [5.74, 6) is -0.358. The number of carbonyl (C=O) groups excluding carboxylic acids is 3. The highest BCUT2D eigenvalue weighted by atomic mass is 16.5. The SMILES string of the molecule is CCOC(=O)Nc1cccc(C(=O)Nc2ccc(C(C)=O)cc2)c1. The fourth-order valence-electron chi connectivity index (χ4n) is 2.01. The Morgan fingerprint density at radius 3 is 2.25 bits per heavy atom. The van der Waals surface area contributed by atoms with Crippen molar-refractivity contribution in [2.75, 3.05) is 17.2 Å². The summed E-state index contributed by atoms with van der Waals surface area (Å²) in [7, 11) is 0. The third-order valence-corrected chi connectivity index (χ3v) is 3.20. The van der Waals surface area contributed by atoms with Gasteiger partial charge in [-0.15, -0.1) is 0 Å². The lowest BCUT2D eigenvalue weighted by atomic mass is 10.1. The summed E-state index contributed by atoms with van der Waals surface area (Å²) in [6.07, 6.45) is -0.574. The van der Waals surface area contributed by atoms with E-state index in [2.05, 4.69) is 10.6 Å². The van der Waals surface area contributed by atoms with Crippen LogP contribution in [-0.2, 0) is 4.74 Å². The number of ketones is 1. The number of hydrogen-bond donors (Lipinski definition) is 2. The Morgan fingerprint density at radius 2 is 1.62 bits per heavy atom. The van der Waals surface area contributed by atoms with Crippen molar-refractivity contribution in [3.63, 3.8) is 0 Å². The minimum absolute atomic E-state index is 0.0365. The molecule has 0 aliphatic heterocycles. The number of anilines is 2. The minimum atomic E-state index is -0.574. The van der Waals surface area contributed by atoms with Crippen molar-refractivity contribution in [2.45, 2.75) is 13.8 Å². The van der Waals surface area contributed by atoms with Gasteiger partial charge in [-0.25, -0.2) is 4.79 Å². The second-order valence-corrected chi connectivity index (χ2v) is 5.01. The molecule has 0 bridgehead atoms. The molecule has 0 radical (unpaired) electrons. The lowest BCUT2D eigenvalue weighted by Gasteiger charge is -2.08. The largest absolute Gasteiger partial charge is 0.450 e. The Morgan fingerprint density at radius 1 is 0.917 bits per heavy atom. The molecular weight excluding hydrogens is 308 g/mol. The predicted molar refractivity (Wildman–Crippen MR) is 91.5 cm³/mol. The van der Waals surface area contributed by atoms with Crippen LogP contribution in [0.1, 0.15) is 34.6 Å². The smallest absolute Gasteiger partial charge is 0.411 e. The number of hydrogen-bond acceptors (Lipinski definition) is 4. The Hall–Kier alpha value is -3.15. The van der Waals surface area contributed by atoms with Crippen molar-refractivity contribution in [3.8, 4) is 0 Å². The van der Waals surface area contributed by atoms with Crippen molar-refractivity contribution in [3.05, 3.63) is 59.7 Å². The molecule has 124 valence electrons. The normalized spacial score (nSPS) is 9.92. The van der Waals surface area contributed by atoms with Crippen molar-refractivity contribution in [2.24, 2.45) is 0 Å². The van der Waals surface area contributed by atoms with E-state index in [9.17, 15) is 14.4 Å². The summed E-state index contributed by atoms with van der Waals surface area (Å²) in [6, 6.07) is 13.1. The van der Waals surface area contributed by atoms with E-state index in [0.29, 0.717) is 22.5 Å². The van der Waals surface area contributed by atoms with Crippen LogP contribution in [0.2, 0.25) is 0 Å². The molecule has 0 heterocycles. The van der Waals surface area contributed by atoms with Gasteiger partial charge in [-0.2, -0.15) is 0 Å². The molecule has 24 heavy (non-hydrogen) atoms. The topological polar surface area (TPSA) is 84.5 Å². The summed E-state index contributed by atoms with van der Waals surface area (Å²) in [5, 5.41) is 5.28. The maximum Gasteiger partial charge on any atom is 0.411 e. The van der Waals surface area contributed by atoms with Gasteiger partial charge in [0.15, 0.2) is 5.78 Å². The molecule has 0 unspecified atom stereocenters. The van der Waals surface area contributed by atoms with E-state index < -0.39 is 6.09 Å². The van der Waals surface area contributed by atoms with Crippen LogP contribution in [0.5, 0.6) is 0 Å². The molecule has 2 rings (SSSR count). The van der Waals surface area contributed by atoms with Crippen molar-refractivity contribution < 1.29 is 19.1 Å². The first-order valence-corrected chi connectivity index (χ1v) is 7.46. The first-order valence-electron chi connectivity index (χ1n) is 7.46. The minimum Gasteiger partial charge on any atom is -0.450 e. The Labute approximate surface area is 139 Å². The summed E-state index contributed by atoms with van der Waals surface area (Å²) in [5.41, 5.74) is 2.01. The molecule has 2 amide bonds. The third kappa shape index (κ3) is 4.67. The molecule has 0 aromatic heterocycles. The zero-order chi connectivity index (χ0) is 17.5. The van der Waals surface area contributed by atoms with Crippen LogP contribution in [0.25, 0.3) is 0 Å². The van der Waals surface area contributed by atoms with E-state index in [1.165, 1.54) is 6.92 Å². The summed E-state index contributed by atoms with van der Waals surface area (Å²) in [4.78, 5) is 34.9. The lowest BCUT2D eigenvalue weighted by Crippen LogP contribution is -2.15. The van der Waals surface area contributed by atoms with Crippen LogP contribution in [0, 0.1) is 0 Å². The monoisotopic (exact) mass is 326 g/mol. The van der Waals surface area contributed by atoms with E-state index in [4.69, 9.17) is 4.74 Å². The molecule has 0 atom stereocenters. The molecule has 0 saturated carbocycles. The fourth-order valence-corrected chi connectivity index (χ4v) is 2.01. The second kappa shape index (κ2) is 7.92. The van der Waals surface area contributed by atoms with E-state index in [-0.39, 0.29) is 18.3 Å². The van der Waals surface area contributed by atoms with Crippen LogP contribution in [0.3, 0.4) is 0 Å². The van der Waals surface area contributed by atoms with E-state index in [0.717, 1.165) is 0 Å². The fraction of sp³-hybridized carbons (Fsp3) is 0.167. The summed E-state index contributed by atoms with van der Waals surface area (Å²) < 4.78 is 4.79. The molecule has 0 spiro atoms. The molecule has 6 nitrogen and oxygen atoms in total. The number of amides is 2. The van der Waals surface area contributed by atoms with Crippen molar-refractivity contribution >= 4 is 29.2 Å². The zero-order valence-electron chi connectivity index (χ0n) is 13.5. The molecule has 0 aliphatic rings. The van der Waals surface area contributed by atoms with Gasteiger partial charge in [0.2, 0.25) is 0 Å². The summed E-state index contributed by atoms with van der Waals surface area (Å²) in [6.45, 7) is 3.46. The van der Waals surface area contributed by atoms with E-state index in [1.807, 2.05) is 0 Å². The van der Waals surface area contributed by atoms with Gasteiger partial charge in [0, 0.05) is 22.5 Å². The van der Waals surface area contributed by atoms with Gasteiger partial charge in [0.1, 0.15) is 0 Å². The van der Waals surface area contributed by atoms with Crippen molar-refractivity contribution in [1.29, 1.82) is 0 Å². The number of benzene rings is 2. The zero-order valence-corrected chi connectivity index (χ0v) is 13.5. The summed E-state index contributed by atoms with van der Waals surface area (Å²) >= 11 is 0. The molecular formula is C18H18N2O4. The number of carbonyl (C=O) groups is 3. The first kappa shape index (κ1) is 17.2. The molecule has 2 aromatic carbocycles. The van der Waals surface area contributed by atoms with Crippen LogP contribution in [-0.4, -0.2) is 24.4 Å². The average Bonchev–Trinajstić information content (AvgIpc) is 2.55. The van der Waals surface area contributed by atoms with Gasteiger partial charge >= 0.3 is 6.09 Å². The number of ether oxygens (including phenoxy) is 1. The van der Waals surface area contributed by atoms with Crippen LogP contribution >= 0.6 is 0 Å². The van der Waals surface area contributed by atoms with Gasteiger partial charge in [-0.1, -0.05) is 6.07 Å². The predicted octanol–water partition coefficient (Wildman–Crippen LogP) is 3.71. The first-order chi connectivity index (χ1) is 11.5. The molecule has 0 fully saturated rings. The van der Waals surface area contributed by atoms with Gasteiger partial charge in [0.25, 0.3) is 5.91 Å². The lowest BCUT2D eigenvalue weighted by molar-refractivity contribution is 0.101. The number of rotatable bonds is 5. The number of Topliss-reactive ketones (excluding diaryl/α,β-unsaturated/α-hetero) is 1. The van der Waals surface area contributed by atoms with Crippen LogP contribution in [0.4, 0.5) is 16.2 Å². The van der Waals surface area contributed by atoms with Gasteiger partial charge in [-0.05, 0) is 56.3 Å². The van der Waals surface area contributed by atoms with Crippen molar-refractivity contribution in [1.82, 2.24) is 0 Å². The number of nitrogens with one attached hydrogen (secondary N) is 2. The molecule has 2 N–H and O–H groups in total. The standard InChI is InChI=1S/C18H18N2O4/c1-3-24-18(23)20-16-6-4-5-14(11-16)17(22)19-15-9-7-13(8-10-15)12(2)21/h4-11H,3H2,1-2H3,(H,19,22)(H,20,23). The Balaban J connectivity index is 2.06.